The van der Waals surface area contributed by atoms with Crippen molar-refractivity contribution in [3.05, 3.63) is 54.1 Å². The zero-order chi connectivity index (χ0) is 25.7. The number of nitrogens with one attached hydrogen (secondary N) is 1. The summed E-state index contributed by atoms with van der Waals surface area (Å²) in [5.41, 5.74) is 1.49. The maximum absolute atomic E-state index is 13.6. The van der Waals surface area contributed by atoms with Crippen molar-refractivity contribution >= 4 is 23.4 Å². The van der Waals surface area contributed by atoms with Gasteiger partial charge >= 0.3 is 0 Å². The third-order valence-electron chi connectivity index (χ3n) is 6.79. The first-order valence-corrected chi connectivity index (χ1v) is 12.2. The van der Waals surface area contributed by atoms with Gasteiger partial charge in [-0.15, -0.1) is 0 Å². The lowest BCUT2D eigenvalue weighted by Gasteiger charge is -2.41. The first-order chi connectivity index (χ1) is 17.4. The summed E-state index contributed by atoms with van der Waals surface area (Å²) < 4.78 is 15.9. The van der Waals surface area contributed by atoms with E-state index >= 15 is 0 Å². The van der Waals surface area contributed by atoms with Gasteiger partial charge in [-0.05, 0) is 55.3 Å². The van der Waals surface area contributed by atoms with Gasteiger partial charge in [0.1, 0.15) is 17.5 Å². The summed E-state index contributed by atoms with van der Waals surface area (Å²) in [7, 11) is 3.17. The number of amides is 3. The largest absolute Gasteiger partial charge is 0.497 e. The number of hydrogen-bond acceptors (Lipinski definition) is 6. The van der Waals surface area contributed by atoms with Crippen LogP contribution in [0.3, 0.4) is 0 Å². The lowest BCUT2D eigenvalue weighted by atomic mass is 9.83. The zero-order valence-corrected chi connectivity index (χ0v) is 20.9. The molecular formula is C27H33N3O6. The Hall–Kier alpha value is -3.59. The van der Waals surface area contributed by atoms with Gasteiger partial charge in [-0.2, -0.15) is 0 Å². The van der Waals surface area contributed by atoms with E-state index in [-0.39, 0.29) is 24.1 Å². The second-order valence-corrected chi connectivity index (χ2v) is 8.99. The van der Waals surface area contributed by atoms with Gasteiger partial charge in [0.05, 0.1) is 39.4 Å². The van der Waals surface area contributed by atoms with Crippen molar-refractivity contribution < 1.29 is 28.6 Å². The molecule has 192 valence electrons. The molecule has 0 radical (unpaired) electrons. The molecule has 3 amide bonds. The summed E-state index contributed by atoms with van der Waals surface area (Å²) in [5.74, 6) is 0.361. The van der Waals surface area contributed by atoms with Crippen LogP contribution in [0, 0.1) is 5.92 Å². The van der Waals surface area contributed by atoms with Crippen molar-refractivity contribution in [3.63, 3.8) is 0 Å². The number of rotatable bonds is 7. The maximum atomic E-state index is 13.6. The second kappa shape index (κ2) is 11.4. The fourth-order valence-corrected chi connectivity index (χ4v) is 4.84. The quantitative estimate of drug-likeness (QED) is 0.634. The summed E-state index contributed by atoms with van der Waals surface area (Å²) in [5, 5.41) is 2.92. The minimum absolute atomic E-state index is 0.0672. The highest BCUT2D eigenvalue weighted by atomic mass is 16.5. The van der Waals surface area contributed by atoms with Crippen LogP contribution in [0.2, 0.25) is 0 Å². The standard InChI is InChI=1S/C27H33N3O6/c1-18(27(33)29-14-16-36-17-15-29)28-26(32)23-12-13-24(31)30(20-6-10-22(35-3)11-7-20)25(23)19-4-8-21(34-2)9-5-19/h4-11,18,23,25H,12-17H2,1-3H3,(H,28,32). The van der Waals surface area contributed by atoms with Gasteiger partial charge in [-0.25, -0.2) is 0 Å². The molecule has 2 aromatic carbocycles. The first-order valence-electron chi connectivity index (χ1n) is 12.2. The zero-order valence-electron chi connectivity index (χ0n) is 20.9. The molecule has 4 rings (SSSR count). The lowest BCUT2D eigenvalue weighted by molar-refractivity contribution is -0.140. The summed E-state index contributed by atoms with van der Waals surface area (Å²) >= 11 is 0. The van der Waals surface area contributed by atoms with Crippen molar-refractivity contribution in [1.29, 1.82) is 0 Å². The Kier molecular flexibility index (Phi) is 8.10. The number of benzene rings is 2. The van der Waals surface area contributed by atoms with Gasteiger partial charge in [0.2, 0.25) is 17.7 Å². The lowest BCUT2D eigenvalue weighted by Crippen LogP contribution is -2.54. The number of hydrogen-bond donors (Lipinski definition) is 1. The van der Waals surface area contributed by atoms with E-state index in [2.05, 4.69) is 5.32 Å². The molecule has 0 aliphatic carbocycles. The van der Waals surface area contributed by atoms with Crippen molar-refractivity contribution in [2.24, 2.45) is 5.92 Å². The van der Waals surface area contributed by atoms with E-state index in [0.29, 0.717) is 49.9 Å². The average molecular weight is 496 g/mol. The molecule has 0 spiro atoms. The molecule has 0 aromatic heterocycles. The second-order valence-electron chi connectivity index (χ2n) is 8.99. The van der Waals surface area contributed by atoms with E-state index in [1.165, 1.54) is 0 Å². The number of carbonyl (C=O) groups is 3. The van der Waals surface area contributed by atoms with Gasteiger partial charge in [0.25, 0.3) is 0 Å². The highest BCUT2D eigenvalue weighted by molar-refractivity contribution is 5.98. The van der Waals surface area contributed by atoms with Crippen LogP contribution in [0.25, 0.3) is 0 Å². The van der Waals surface area contributed by atoms with Crippen LogP contribution in [0.15, 0.2) is 48.5 Å². The molecule has 2 saturated heterocycles. The van der Waals surface area contributed by atoms with Crippen molar-refractivity contribution in [2.75, 3.05) is 45.4 Å². The Bertz CT molecular complexity index is 1070. The molecule has 2 fully saturated rings. The molecule has 2 aromatic rings. The van der Waals surface area contributed by atoms with Crippen LogP contribution in [-0.2, 0) is 19.1 Å². The average Bonchev–Trinajstić information content (AvgIpc) is 2.93. The van der Waals surface area contributed by atoms with E-state index in [0.717, 1.165) is 5.56 Å². The molecule has 2 aliphatic rings. The van der Waals surface area contributed by atoms with E-state index in [1.54, 1.807) is 43.1 Å². The maximum Gasteiger partial charge on any atom is 0.245 e. The molecule has 2 heterocycles. The van der Waals surface area contributed by atoms with Crippen LogP contribution in [-0.4, -0.2) is 69.2 Å². The molecule has 9 heteroatoms. The predicted octanol–water partition coefficient (Wildman–Crippen LogP) is 2.55. The van der Waals surface area contributed by atoms with Gasteiger partial charge < -0.3 is 29.3 Å². The summed E-state index contributed by atoms with van der Waals surface area (Å²) in [6.45, 7) is 3.71. The minimum Gasteiger partial charge on any atom is -0.497 e. The molecule has 9 nitrogen and oxygen atoms in total. The van der Waals surface area contributed by atoms with Crippen LogP contribution < -0.4 is 19.7 Å². The predicted molar refractivity (Wildman–Crippen MR) is 134 cm³/mol. The van der Waals surface area contributed by atoms with Crippen molar-refractivity contribution in [2.45, 2.75) is 31.8 Å². The monoisotopic (exact) mass is 495 g/mol. The first kappa shape index (κ1) is 25.5. The van der Waals surface area contributed by atoms with E-state index < -0.39 is 18.0 Å². The van der Waals surface area contributed by atoms with Gasteiger partial charge in [-0.3, -0.25) is 14.4 Å². The summed E-state index contributed by atoms with van der Waals surface area (Å²) in [6.07, 6.45) is 0.606. The highest BCUT2D eigenvalue weighted by Crippen LogP contribution is 2.41. The van der Waals surface area contributed by atoms with Crippen LogP contribution in [0.5, 0.6) is 11.5 Å². The number of nitrogens with zero attached hydrogens (tertiary/aromatic N) is 2. The van der Waals surface area contributed by atoms with Crippen LogP contribution in [0.1, 0.15) is 31.4 Å². The molecule has 0 saturated carbocycles. The molecule has 3 unspecified atom stereocenters. The fourth-order valence-electron chi connectivity index (χ4n) is 4.84. The summed E-state index contributed by atoms with van der Waals surface area (Å²) in [4.78, 5) is 43.1. The van der Waals surface area contributed by atoms with Crippen LogP contribution in [0.4, 0.5) is 5.69 Å². The topological polar surface area (TPSA) is 97.4 Å². The molecule has 0 bridgehead atoms. The highest BCUT2D eigenvalue weighted by Gasteiger charge is 2.42. The van der Waals surface area contributed by atoms with E-state index in [4.69, 9.17) is 14.2 Å². The molecule has 1 N–H and O–H groups in total. The number of piperidine rings is 1. The van der Waals surface area contributed by atoms with Crippen molar-refractivity contribution in [1.82, 2.24) is 10.2 Å². The number of ether oxygens (including phenoxy) is 3. The molecule has 3 atom stereocenters. The van der Waals surface area contributed by atoms with E-state index in [1.807, 2.05) is 36.4 Å². The Morgan fingerprint density at radius 3 is 2.14 bits per heavy atom. The number of carbonyl (C=O) groups excluding carboxylic acids is 3. The summed E-state index contributed by atoms with van der Waals surface area (Å²) in [6, 6.07) is 13.4. The number of methoxy groups -OCH3 is 2. The Labute approximate surface area is 211 Å². The number of morpholine rings is 1. The third-order valence-corrected chi connectivity index (χ3v) is 6.79. The molecule has 2 aliphatic heterocycles. The van der Waals surface area contributed by atoms with Gasteiger partial charge in [-0.1, -0.05) is 12.1 Å². The Balaban J connectivity index is 1.63. The third kappa shape index (κ3) is 5.46. The normalized spacial score (nSPS) is 21.0. The minimum atomic E-state index is -0.681. The van der Waals surface area contributed by atoms with E-state index in [9.17, 15) is 14.4 Å². The van der Waals surface area contributed by atoms with Gasteiger partial charge in [0.15, 0.2) is 0 Å². The Morgan fingerprint density at radius 1 is 0.972 bits per heavy atom. The van der Waals surface area contributed by atoms with Crippen molar-refractivity contribution in [3.8, 4) is 11.5 Å². The number of anilines is 1. The van der Waals surface area contributed by atoms with Crippen LogP contribution >= 0.6 is 0 Å². The molecular weight excluding hydrogens is 462 g/mol. The fraction of sp³-hybridized carbons (Fsp3) is 0.444. The van der Waals surface area contributed by atoms with Gasteiger partial charge in [0, 0.05) is 25.2 Å². The Morgan fingerprint density at radius 2 is 1.56 bits per heavy atom. The molecule has 36 heavy (non-hydrogen) atoms. The smallest absolute Gasteiger partial charge is 0.245 e. The SMILES string of the molecule is COc1ccc(C2C(C(=O)NC(C)C(=O)N3CCOCC3)CCC(=O)N2c2ccc(OC)cc2)cc1.